The lowest BCUT2D eigenvalue weighted by atomic mass is 10.0. The van der Waals surface area contributed by atoms with Gasteiger partial charge in [0.2, 0.25) is 0 Å². The number of ketones is 1. The van der Waals surface area contributed by atoms with Crippen LogP contribution in [0.2, 0.25) is 0 Å². The minimum Gasteiger partial charge on any atom is -0.453 e. The molecule has 34 heavy (non-hydrogen) atoms. The first-order valence-electron chi connectivity index (χ1n) is 11.5. The Morgan fingerprint density at radius 3 is 2.29 bits per heavy atom. The fourth-order valence-electron chi connectivity index (χ4n) is 4.12. The first-order chi connectivity index (χ1) is 16.4. The third kappa shape index (κ3) is 6.08. The summed E-state index contributed by atoms with van der Waals surface area (Å²) in [5, 5.41) is 9.89. The summed E-state index contributed by atoms with van der Waals surface area (Å²) in [7, 11) is 0. The van der Waals surface area contributed by atoms with Gasteiger partial charge in [0, 0.05) is 6.42 Å². The molecule has 1 N–H and O–H groups in total. The van der Waals surface area contributed by atoms with Crippen molar-refractivity contribution >= 4 is 11.8 Å². The topological polar surface area (TPSA) is 101 Å². The largest absolute Gasteiger partial charge is 0.453 e. The molecule has 182 valence electrons. The predicted molar refractivity (Wildman–Crippen MR) is 121 cm³/mol. The summed E-state index contributed by atoms with van der Waals surface area (Å²) in [6.45, 7) is 3.75. The second-order valence-electron chi connectivity index (χ2n) is 8.60. The molecule has 2 aromatic rings. The van der Waals surface area contributed by atoms with Gasteiger partial charge in [-0.1, -0.05) is 48.5 Å². The Balaban J connectivity index is 1.46. The lowest BCUT2D eigenvalue weighted by Crippen LogP contribution is -2.54. The molecule has 0 radical (unpaired) electrons. The molecule has 2 aliphatic rings. The molecule has 0 spiro atoms. The number of Topliss-reactive ketones (excluding diaryl/α,β-unsaturated/α-hetero) is 1. The third-order valence-corrected chi connectivity index (χ3v) is 5.99. The summed E-state index contributed by atoms with van der Waals surface area (Å²) in [5.74, 6) is -0.846. The molecule has 0 bridgehead atoms. The molecule has 2 heterocycles. The number of benzene rings is 2. The van der Waals surface area contributed by atoms with E-state index in [4.69, 9.17) is 23.7 Å². The molecule has 2 aromatic carbocycles. The van der Waals surface area contributed by atoms with Crippen LogP contribution in [-0.4, -0.2) is 60.0 Å². The zero-order valence-corrected chi connectivity index (χ0v) is 19.2. The Morgan fingerprint density at radius 2 is 1.62 bits per heavy atom. The summed E-state index contributed by atoms with van der Waals surface area (Å²) in [6.07, 6.45) is -5.08. The maximum atomic E-state index is 12.8. The van der Waals surface area contributed by atoms with Crippen LogP contribution in [0.5, 0.6) is 0 Å². The van der Waals surface area contributed by atoms with E-state index in [0.29, 0.717) is 12.2 Å². The fraction of sp³-hybridized carbons (Fsp3) is 0.462. The average molecular weight is 471 g/mol. The van der Waals surface area contributed by atoms with Crippen molar-refractivity contribution in [2.75, 3.05) is 0 Å². The first kappa shape index (κ1) is 24.5. The summed E-state index contributed by atoms with van der Waals surface area (Å²) >= 11 is 0. The number of ether oxygens (including phenoxy) is 5. The van der Waals surface area contributed by atoms with Gasteiger partial charge in [0.05, 0.1) is 30.8 Å². The summed E-state index contributed by atoms with van der Waals surface area (Å²) < 4.78 is 29.6. The maximum absolute atomic E-state index is 12.8. The molecule has 0 unspecified atom stereocenters. The van der Waals surface area contributed by atoms with E-state index in [1.807, 2.05) is 36.4 Å². The highest BCUT2D eigenvalue weighted by molar-refractivity contribution is 5.89. The number of hydrogen-bond acceptors (Lipinski definition) is 8. The highest BCUT2D eigenvalue weighted by Crippen LogP contribution is 2.30. The molecular weight excluding hydrogens is 440 g/mol. The third-order valence-electron chi connectivity index (χ3n) is 5.99. The SMILES string of the molecule is C[C@H]1O[C@@H](OCc2ccccc2)C[C@@H](O[C@H]2CC(=O)[C@H](O)[C@@H](C)O2)[C@@H]1OC(=O)c1ccccc1. The molecule has 7 atom stereocenters. The molecule has 8 nitrogen and oxygen atoms in total. The zero-order valence-electron chi connectivity index (χ0n) is 19.2. The predicted octanol–water partition coefficient (Wildman–Crippen LogP) is 3.01. The van der Waals surface area contributed by atoms with Crippen molar-refractivity contribution in [3.05, 3.63) is 71.8 Å². The molecule has 0 aliphatic carbocycles. The van der Waals surface area contributed by atoms with Gasteiger partial charge in [0.1, 0.15) is 12.2 Å². The van der Waals surface area contributed by atoms with Crippen LogP contribution in [0.4, 0.5) is 0 Å². The standard InChI is InChI=1S/C26H30O8/c1-16-24(28)20(27)13-23(31-16)33-21-14-22(30-15-18-9-5-3-6-10-18)32-17(2)25(21)34-26(29)19-11-7-4-8-12-19/h3-12,16-17,21-25,28H,13-15H2,1-2H3/t16-,17-,21-,22-,23+,24-,25-/m1/s1. The number of esters is 1. The van der Waals surface area contributed by atoms with E-state index in [-0.39, 0.29) is 18.6 Å². The number of rotatable bonds is 7. The Labute approximate surface area is 198 Å². The lowest BCUT2D eigenvalue weighted by Gasteiger charge is -2.42. The smallest absolute Gasteiger partial charge is 0.338 e. The van der Waals surface area contributed by atoms with Crippen molar-refractivity contribution in [1.29, 1.82) is 0 Å². The summed E-state index contributed by atoms with van der Waals surface area (Å²) in [6, 6.07) is 18.4. The van der Waals surface area contributed by atoms with Crippen LogP contribution in [-0.2, 0) is 35.1 Å². The number of carbonyl (C=O) groups is 2. The molecule has 4 rings (SSSR count). The molecule has 0 saturated carbocycles. The van der Waals surface area contributed by atoms with Crippen molar-refractivity contribution in [2.45, 2.75) is 76.4 Å². The number of carbonyl (C=O) groups excluding carboxylic acids is 2. The van der Waals surface area contributed by atoms with Gasteiger partial charge in [-0.2, -0.15) is 0 Å². The van der Waals surface area contributed by atoms with Gasteiger partial charge in [0.25, 0.3) is 0 Å². The molecule has 2 aliphatic heterocycles. The second kappa shape index (κ2) is 11.2. The minimum atomic E-state index is -1.18. The second-order valence-corrected chi connectivity index (χ2v) is 8.60. The fourth-order valence-corrected chi connectivity index (χ4v) is 4.12. The normalized spacial score (nSPS) is 31.7. The average Bonchev–Trinajstić information content (AvgIpc) is 2.84. The van der Waals surface area contributed by atoms with E-state index in [9.17, 15) is 14.7 Å². The number of aliphatic hydroxyl groups is 1. The molecule has 2 fully saturated rings. The van der Waals surface area contributed by atoms with E-state index in [1.54, 1.807) is 38.1 Å². The summed E-state index contributed by atoms with van der Waals surface area (Å²) in [4.78, 5) is 24.9. The van der Waals surface area contributed by atoms with Gasteiger partial charge in [-0.05, 0) is 31.5 Å². The Morgan fingerprint density at radius 1 is 0.971 bits per heavy atom. The van der Waals surface area contributed by atoms with Crippen LogP contribution in [0.1, 0.15) is 42.6 Å². The lowest BCUT2D eigenvalue weighted by molar-refractivity contribution is -0.293. The Bertz CT molecular complexity index is 950. The van der Waals surface area contributed by atoms with Crippen molar-refractivity contribution in [1.82, 2.24) is 0 Å². The molecular formula is C26H30O8. The monoisotopic (exact) mass is 470 g/mol. The van der Waals surface area contributed by atoms with Crippen LogP contribution in [0, 0.1) is 0 Å². The van der Waals surface area contributed by atoms with E-state index < -0.39 is 49.1 Å². The van der Waals surface area contributed by atoms with E-state index >= 15 is 0 Å². The van der Waals surface area contributed by atoms with Gasteiger partial charge < -0.3 is 28.8 Å². The zero-order chi connectivity index (χ0) is 24.1. The van der Waals surface area contributed by atoms with Crippen molar-refractivity contribution < 1.29 is 38.4 Å². The Hall–Kier alpha value is -2.62. The minimum absolute atomic E-state index is 0.0911. The number of aliphatic hydroxyl groups excluding tert-OH is 1. The highest BCUT2D eigenvalue weighted by Gasteiger charge is 2.44. The number of hydrogen-bond donors (Lipinski definition) is 1. The van der Waals surface area contributed by atoms with E-state index in [1.165, 1.54) is 0 Å². The summed E-state index contributed by atoms with van der Waals surface area (Å²) in [5.41, 5.74) is 1.41. The van der Waals surface area contributed by atoms with E-state index in [2.05, 4.69) is 0 Å². The van der Waals surface area contributed by atoms with Gasteiger partial charge in [0.15, 0.2) is 24.5 Å². The van der Waals surface area contributed by atoms with E-state index in [0.717, 1.165) is 5.56 Å². The quantitative estimate of drug-likeness (QED) is 0.617. The van der Waals surface area contributed by atoms with Crippen molar-refractivity contribution in [2.24, 2.45) is 0 Å². The van der Waals surface area contributed by atoms with Crippen LogP contribution in [0.15, 0.2) is 60.7 Å². The molecule has 8 heteroatoms. The highest BCUT2D eigenvalue weighted by atomic mass is 16.7. The van der Waals surface area contributed by atoms with Gasteiger partial charge in [-0.3, -0.25) is 4.79 Å². The first-order valence-corrected chi connectivity index (χ1v) is 11.5. The van der Waals surface area contributed by atoms with Crippen molar-refractivity contribution in [3.63, 3.8) is 0 Å². The van der Waals surface area contributed by atoms with Gasteiger partial charge >= 0.3 is 5.97 Å². The van der Waals surface area contributed by atoms with Crippen LogP contribution in [0.25, 0.3) is 0 Å². The van der Waals surface area contributed by atoms with Gasteiger partial charge in [-0.25, -0.2) is 4.79 Å². The van der Waals surface area contributed by atoms with Crippen LogP contribution >= 0.6 is 0 Å². The molecule has 0 aromatic heterocycles. The maximum Gasteiger partial charge on any atom is 0.338 e. The molecule has 2 saturated heterocycles. The van der Waals surface area contributed by atoms with Crippen LogP contribution < -0.4 is 0 Å². The van der Waals surface area contributed by atoms with Crippen molar-refractivity contribution in [3.8, 4) is 0 Å². The molecule has 0 amide bonds. The van der Waals surface area contributed by atoms with Gasteiger partial charge in [-0.15, -0.1) is 0 Å². The van der Waals surface area contributed by atoms with Crippen LogP contribution in [0.3, 0.4) is 0 Å². The Kier molecular flexibility index (Phi) is 8.07.